The number of hydrogen-bond acceptors (Lipinski definition) is 5. The first-order valence-electron chi connectivity index (χ1n) is 8.55. The Morgan fingerprint density at radius 2 is 2.16 bits per heavy atom. The number of hydrogen-bond donors (Lipinski definition) is 0. The molecule has 4 heterocycles. The molecule has 1 aliphatic heterocycles. The van der Waals surface area contributed by atoms with Gasteiger partial charge >= 0.3 is 0 Å². The van der Waals surface area contributed by atoms with E-state index in [1.807, 2.05) is 40.6 Å². The molecule has 0 saturated carbocycles. The van der Waals surface area contributed by atoms with Crippen LogP contribution in [0.2, 0.25) is 0 Å². The van der Waals surface area contributed by atoms with Crippen molar-refractivity contribution in [3.63, 3.8) is 0 Å². The van der Waals surface area contributed by atoms with E-state index in [1.165, 1.54) is 0 Å². The molecule has 1 fully saturated rings. The number of rotatable bonds is 3. The summed E-state index contributed by atoms with van der Waals surface area (Å²) in [6, 6.07) is 11.4. The van der Waals surface area contributed by atoms with Crippen molar-refractivity contribution in [3.05, 3.63) is 59.4 Å². The summed E-state index contributed by atoms with van der Waals surface area (Å²) in [6.07, 6.45) is 5.76. The van der Waals surface area contributed by atoms with Gasteiger partial charge in [-0.3, -0.25) is 9.78 Å². The van der Waals surface area contributed by atoms with Crippen molar-refractivity contribution in [2.75, 3.05) is 6.54 Å². The maximum Gasteiger partial charge on any atom is 0.273 e. The molecule has 25 heavy (non-hydrogen) atoms. The van der Waals surface area contributed by atoms with Crippen LogP contribution >= 0.6 is 11.3 Å². The molecule has 3 aromatic rings. The van der Waals surface area contributed by atoms with Gasteiger partial charge in [0.05, 0.1) is 10.9 Å². The monoisotopic (exact) mass is 353 g/mol. The Morgan fingerprint density at radius 3 is 2.96 bits per heavy atom. The van der Waals surface area contributed by atoms with E-state index < -0.39 is 0 Å². The smallest absolute Gasteiger partial charge is 0.273 e. The van der Waals surface area contributed by atoms with Gasteiger partial charge in [0.1, 0.15) is 11.4 Å². The van der Waals surface area contributed by atoms with Crippen molar-refractivity contribution in [1.29, 1.82) is 0 Å². The standard InChI is InChI=1S/C19H19N3O2S/c23-19(14-7-3-4-10-20-14)22-11-5-1-2-8-16(22)15-13-17(24-21-15)18-9-6-12-25-18/h3-4,6-7,9-10,12-13,16H,1-2,5,8,11H2. The van der Waals surface area contributed by atoms with Crippen molar-refractivity contribution in [2.24, 2.45) is 0 Å². The molecule has 6 heteroatoms. The topological polar surface area (TPSA) is 59.2 Å². The van der Waals surface area contributed by atoms with E-state index in [-0.39, 0.29) is 11.9 Å². The second-order valence-corrected chi connectivity index (χ2v) is 7.12. The van der Waals surface area contributed by atoms with Crippen LogP contribution in [-0.4, -0.2) is 27.5 Å². The highest BCUT2D eigenvalue weighted by Crippen LogP contribution is 2.33. The van der Waals surface area contributed by atoms with Crippen molar-refractivity contribution in [3.8, 4) is 10.6 Å². The third kappa shape index (κ3) is 3.35. The molecule has 1 atom stereocenters. The molecule has 1 saturated heterocycles. The van der Waals surface area contributed by atoms with Gasteiger partial charge in [0.2, 0.25) is 0 Å². The summed E-state index contributed by atoms with van der Waals surface area (Å²) in [7, 11) is 0. The number of carbonyl (C=O) groups excluding carboxylic acids is 1. The van der Waals surface area contributed by atoms with Gasteiger partial charge in [-0.05, 0) is 36.4 Å². The fraction of sp³-hybridized carbons (Fsp3) is 0.316. The van der Waals surface area contributed by atoms with Gasteiger partial charge in [-0.1, -0.05) is 30.1 Å². The van der Waals surface area contributed by atoms with E-state index in [1.54, 1.807) is 23.6 Å². The van der Waals surface area contributed by atoms with Crippen LogP contribution in [0.15, 0.2) is 52.5 Å². The zero-order chi connectivity index (χ0) is 17.1. The molecule has 0 bridgehead atoms. The Kier molecular flexibility index (Phi) is 4.61. The van der Waals surface area contributed by atoms with Gasteiger partial charge in [-0.25, -0.2) is 0 Å². The van der Waals surface area contributed by atoms with Crippen LogP contribution < -0.4 is 0 Å². The van der Waals surface area contributed by atoms with Gasteiger partial charge in [0, 0.05) is 18.8 Å². The second-order valence-electron chi connectivity index (χ2n) is 6.17. The number of likely N-dealkylation sites (tertiary alicyclic amines) is 1. The van der Waals surface area contributed by atoms with Gasteiger partial charge in [0.15, 0.2) is 5.76 Å². The first-order chi connectivity index (χ1) is 12.3. The summed E-state index contributed by atoms with van der Waals surface area (Å²) in [5.41, 5.74) is 1.31. The largest absolute Gasteiger partial charge is 0.355 e. The first-order valence-corrected chi connectivity index (χ1v) is 9.43. The normalized spacial score (nSPS) is 18.1. The Morgan fingerprint density at radius 1 is 1.20 bits per heavy atom. The molecule has 0 radical (unpaired) electrons. The maximum absolute atomic E-state index is 13.0. The number of aromatic nitrogens is 2. The second kappa shape index (κ2) is 7.19. The van der Waals surface area contributed by atoms with Crippen LogP contribution in [0.1, 0.15) is 47.9 Å². The molecule has 1 aliphatic rings. The van der Waals surface area contributed by atoms with Gasteiger partial charge in [-0.2, -0.15) is 0 Å². The zero-order valence-electron chi connectivity index (χ0n) is 13.8. The van der Waals surface area contributed by atoms with E-state index in [9.17, 15) is 4.79 Å². The summed E-state index contributed by atoms with van der Waals surface area (Å²) in [5, 5.41) is 6.30. The lowest BCUT2D eigenvalue weighted by Gasteiger charge is -2.28. The molecule has 0 N–H and O–H groups in total. The highest BCUT2D eigenvalue weighted by Gasteiger charge is 2.30. The molecule has 128 valence electrons. The van der Waals surface area contributed by atoms with E-state index in [4.69, 9.17) is 4.52 Å². The molecule has 3 aromatic heterocycles. The summed E-state index contributed by atoms with van der Waals surface area (Å²) >= 11 is 1.62. The molecule has 4 rings (SSSR count). The highest BCUT2D eigenvalue weighted by atomic mass is 32.1. The Balaban J connectivity index is 1.64. The van der Waals surface area contributed by atoms with Crippen LogP contribution in [0.5, 0.6) is 0 Å². The zero-order valence-corrected chi connectivity index (χ0v) is 14.6. The fourth-order valence-corrected chi connectivity index (χ4v) is 3.95. The number of amides is 1. The highest BCUT2D eigenvalue weighted by molar-refractivity contribution is 7.13. The minimum atomic E-state index is -0.0607. The van der Waals surface area contributed by atoms with Gasteiger partial charge in [0.25, 0.3) is 5.91 Å². The van der Waals surface area contributed by atoms with E-state index >= 15 is 0 Å². The SMILES string of the molecule is O=C(c1ccccn1)N1CCCCCC1c1cc(-c2cccs2)on1. The number of pyridine rings is 1. The van der Waals surface area contributed by atoms with Gasteiger partial charge < -0.3 is 9.42 Å². The van der Waals surface area contributed by atoms with Crippen molar-refractivity contribution in [2.45, 2.75) is 31.7 Å². The average Bonchev–Trinajstić information content (AvgIpc) is 3.29. The van der Waals surface area contributed by atoms with E-state index in [2.05, 4.69) is 10.1 Å². The molecular formula is C19H19N3O2S. The lowest BCUT2D eigenvalue weighted by Crippen LogP contribution is -2.35. The Hall–Kier alpha value is -2.47. The van der Waals surface area contributed by atoms with E-state index in [0.29, 0.717) is 5.69 Å². The lowest BCUT2D eigenvalue weighted by atomic mass is 10.1. The summed E-state index contributed by atoms with van der Waals surface area (Å²) < 4.78 is 5.54. The minimum absolute atomic E-state index is 0.0341. The maximum atomic E-state index is 13.0. The fourth-order valence-electron chi connectivity index (χ4n) is 3.28. The van der Waals surface area contributed by atoms with Crippen LogP contribution in [-0.2, 0) is 0 Å². The molecule has 1 amide bonds. The lowest BCUT2D eigenvalue weighted by molar-refractivity contribution is 0.0668. The molecule has 5 nitrogen and oxygen atoms in total. The molecular weight excluding hydrogens is 334 g/mol. The molecule has 0 spiro atoms. The van der Waals surface area contributed by atoms with Crippen LogP contribution in [0.3, 0.4) is 0 Å². The predicted molar refractivity (Wildman–Crippen MR) is 96.3 cm³/mol. The van der Waals surface area contributed by atoms with Crippen LogP contribution in [0.25, 0.3) is 10.6 Å². The van der Waals surface area contributed by atoms with Crippen molar-refractivity contribution in [1.82, 2.24) is 15.0 Å². The molecule has 0 aromatic carbocycles. The van der Waals surface area contributed by atoms with E-state index in [0.717, 1.165) is 48.6 Å². The first kappa shape index (κ1) is 16.0. The Bertz CT molecular complexity index is 829. The Labute approximate surface area is 150 Å². The van der Waals surface area contributed by atoms with Crippen molar-refractivity contribution >= 4 is 17.2 Å². The van der Waals surface area contributed by atoms with Crippen LogP contribution in [0.4, 0.5) is 0 Å². The van der Waals surface area contributed by atoms with Crippen LogP contribution in [0, 0.1) is 0 Å². The predicted octanol–water partition coefficient (Wildman–Crippen LogP) is 4.56. The summed E-state index contributed by atoms with van der Waals surface area (Å²) in [5.74, 6) is 0.729. The van der Waals surface area contributed by atoms with Crippen molar-refractivity contribution < 1.29 is 9.32 Å². The minimum Gasteiger partial charge on any atom is -0.355 e. The van der Waals surface area contributed by atoms with Gasteiger partial charge in [-0.15, -0.1) is 11.3 Å². The average molecular weight is 353 g/mol. The quantitative estimate of drug-likeness (QED) is 0.693. The third-order valence-electron chi connectivity index (χ3n) is 4.53. The number of nitrogens with zero attached hydrogens (tertiary/aromatic N) is 3. The molecule has 0 aliphatic carbocycles. The third-order valence-corrected chi connectivity index (χ3v) is 5.42. The summed E-state index contributed by atoms with van der Waals surface area (Å²) in [4.78, 5) is 20.2. The number of carbonyl (C=O) groups is 1. The summed E-state index contributed by atoms with van der Waals surface area (Å²) in [6.45, 7) is 0.723. The molecule has 1 unspecified atom stereocenters. The number of thiophene rings is 1.